The van der Waals surface area contributed by atoms with Crippen LogP contribution in [-0.2, 0) is 19.6 Å². The van der Waals surface area contributed by atoms with Crippen molar-refractivity contribution in [3.63, 3.8) is 0 Å². The van der Waals surface area contributed by atoms with Gasteiger partial charge >= 0.3 is 0 Å². The van der Waals surface area contributed by atoms with Crippen LogP contribution < -0.4 is 4.74 Å². The molecule has 0 saturated carbocycles. The van der Waals surface area contributed by atoms with Crippen LogP contribution in [0.1, 0.15) is 16.8 Å². The Bertz CT molecular complexity index is 947. The van der Waals surface area contributed by atoms with Gasteiger partial charge < -0.3 is 9.84 Å². The molecule has 1 N–H and O–H groups in total. The second kappa shape index (κ2) is 8.50. The number of halogens is 1. The van der Waals surface area contributed by atoms with Gasteiger partial charge in [0.25, 0.3) is 0 Å². The summed E-state index contributed by atoms with van der Waals surface area (Å²) in [5.41, 5.74) is 4.11. The van der Waals surface area contributed by atoms with Gasteiger partial charge in [0.15, 0.2) is 0 Å². The van der Waals surface area contributed by atoms with Crippen LogP contribution in [0.15, 0.2) is 60.7 Å². The predicted octanol–water partition coefficient (Wildman–Crippen LogP) is 3.82. The topological polar surface area (TPSA) is 45.6 Å². The molecule has 1 aliphatic heterocycles. The van der Waals surface area contributed by atoms with Gasteiger partial charge in [0, 0.05) is 43.2 Å². The van der Waals surface area contributed by atoms with Crippen LogP contribution in [0.5, 0.6) is 5.88 Å². The molecule has 1 aliphatic rings. The zero-order valence-electron chi connectivity index (χ0n) is 15.6. The first kappa shape index (κ1) is 18.6. The molecule has 0 unspecified atom stereocenters. The van der Waals surface area contributed by atoms with Gasteiger partial charge in [-0.3, -0.25) is 4.90 Å². The van der Waals surface area contributed by atoms with Gasteiger partial charge in [0.1, 0.15) is 12.4 Å². The molecule has 5 heteroatoms. The quantitative estimate of drug-likeness (QED) is 0.708. The van der Waals surface area contributed by atoms with Crippen molar-refractivity contribution in [2.24, 2.45) is 0 Å². The van der Waals surface area contributed by atoms with Crippen molar-refractivity contribution in [3.8, 4) is 17.0 Å². The molecule has 0 aliphatic carbocycles. The van der Waals surface area contributed by atoms with Crippen LogP contribution in [0.2, 0.25) is 0 Å². The van der Waals surface area contributed by atoms with Crippen LogP contribution >= 0.6 is 0 Å². The standard InChI is InChI=1S/C23H23FN2O2/c24-23-19(7-4-8-20(23)17-5-2-1-3-6-17)16-28-22-10-9-18-15-26(13-14-27)12-11-21(18)25-22/h1-10,27H,11-16H2. The van der Waals surface area contributed by atoms with Gasteiger partial charge in [-0.2, -0.15) is 0 Å². The van der Waals surface area contributed by atoms with Crippen LogP contribution in [0, 0.1) is 5.82 Å². The number of aromatic nitrogens is 1. The summed E-state index contributed by atoms with van der Waals surface area (Å²) in [5.74, 6) is 0.255. The predicted molar refractivity (Wildman–Crippen MR) is 106 cm³/mol. The molecule has 2 heterocycles. The SMILES string of the molecule is OCCN1CCc2nc(OCc3cccc(-c4ccccc4)c3F)ccc2C1. The van der Waals surface area contributed by atoms with Gasteiger partial charge in [0.05, 0.1) is 12.3 Å². The molecule has 0 bridgehead atoms. The highest BCUT2D eigenvalue weighted by Gasteiger charge is 2.18. The van der Waals surface area contributed by atoms with Crippen LogP contribution in [0.3, 0.4) is 0 Å². The lowest BCUT2D eigenvalue weighted by Gasteiger charge is -2.27. The summed E-state index contributed by atoms with van der Waals surface area (Å²) < 4.78 is 20.7. The minimum atomic E-state index is -0.258. The highest BCUT2D eigenvalue weighted by Crippen LogP contribution is 2.26. The molecule has 144 valence electrons. The normalized spacial score (nSPS) is 13.9. The summed E-state index contributed by atoms with van der Waals surface area (Å²) in [7, 11) is 0. The largest absolute Gasteiger partial charge is 0.473 e. The average molecular weight is 378 g/mol. The second-order valence-corrected chi connectivity index (χ2v) is 6.94. The third kappa shape index (κ3) is 4.06. The summed E-state index contributed by atoms with van der Waals surface area (Å²) in [4.78, 5) is 6.80. The zero-order valence-corrected chi connectivity index (χ0v) is 15.6. The molecule has 3 aromatic rings. The molecule has 4 rings (SSSR count). The first-order valence-corrected chi connectivity index (χ1v) is 9.52. The molecule has 0 amide bonds. The molecule has 0 saturated heterocycles. The first-order chi connectivity index (χ1) is 13.7. The van der Waals surface area contributed by atoms with Crippen molar-refractivity contribution in [1.82, 2.24) is 9.88 Å². The molecule has 0 radical (unpaired) electrons. The van der Waals surface area contributed by atoms with Gasteiger partial charge in [-0.25, -0.2) is 9.37 Å². The fraction of sp³-hybridized carbons (Fsp3) is 0.261. The molecule has 4 nitrogen and oxygen atoms in total. The summed E-state index contributed by atoms with van der Waals surface area (Å²) in [6.45, 7) is 2.63. The monoisotopic (exact) mass is 378 g/mol. The number of pyridine rings is 1. The summed E-state index contributed by atoms with van der Waals surface area (Å²) >= 11 is 0. The lowest BCUT2D eigenvalue weighted by molar-refractivity contribution is 0.183. The molecular weight excluding hydrogens is 355 g/mol. The number of fused-ring (bicyclic) bond motifs is 1. The Hall–Kier alpha value is -2.76. The Morgan fingerprint density at radius 1 is 1.04 bits per heavy atom. The van der Waals surface area contributed by atoms with Crippen molar-refractivity contribution >= 4 is 0 Å². The van der Waals surface area contributed by atoms with Gasteiger partial charge in [-0.15, -0.1) is 0 Å². The van der Waals surface area contributed by atoms with E-state index in [1.54, 1.807) is 12.1 Å². The number of ether oxygens (including phenoxy) is 1. The van der Waals surface area contributed by atoms with E-state index in [-0.39, 0.29) is 19.0 Å². The summed E-state index contributed by atoms with van der Waals surface area (Å²) in [6, 6.07) is 18.7. The number of hydrogen-bond donors (Lipinski definition) is 1. The Kier molecular flexibility index (Phi) is 5.65. The Balaban J connectivity index is 1.47. The molecule has 1 aromatic heterocycles. The maximum Gasteiger partial charge on any atom is 0.213 e. The van der Waals surface area contributed by atoms with Gasteiger partial charge in [0.2, 0.25) is 5.88 Å². The second-order valence-electron chi connectivity index (χ2n) is 6.94. The van der Waals surface area contributed by atoms with Crippen LogP contribution in [0.4, 0.5) is 4.39 Å². The number of benzene rings is 2. The maximum absolute atomic E-state index is 14.9. The van der Waals surface area contributed by atoms with E-state index in [1.165, 1.54) is 0 Å². The average Bonchev–Trinajstić information content (AvgIpc) is 2.74. The number of aliphatic hydroxyl groups excluding tert-OH is 1. The van der Waals surface area contributed by atoms with Crippen molar-refractivity contribution in [1.29, 1.82) is 0 Å². The summed E-state index contributed by atoms with van der Waals surface area (Å²) in [5, 5.41) is 9.10. The van der Waals surface area contributed by atoms with E-state index >= 15 is 0 Å². The number of rotatable bonds is 6. The van der Waals surface area contributed by atoms with E-state index in [9.17, 15) is 4.39 Å². The van der Waals surface area contributed by atoms with Crippen molar-refractivity contribution in [2.75, 3.05) is 19.7 Å². The molecular formula is C23H23FN2O2. The third-order valence-corrected chi connectivity index (χ3v) is 5.06. The molecule has 0 atom stereocenters. The number of hydrogen-bond acceptors (Lipinski definition) is 4. The van der Waals surface area contributed by atoms with Crippen molar-refractivity contribution in [2.45, 2.75) is 19.6 Å². The van der Waals surface area contributed by atoms with Crippen LogP contribution in [-0.4, -0.2) is 34.7 Å². The highest BCUT2D eigenvalue weighted by atomic mass is 19.1. The number of aliphatic hydroxyl groups is 1. The number of nitrogens with zero attached hydrogens (tertiary/aromatic N) is 2. The third-order valence-electron chi connectivity index (χ3n) is 5.06. The lowest BCUT2D eigenvalue weighted by atomic mass is 10.0. The molecule has 2 aromatic carbocycles. The van der Waals surface area contributed by atoms with E-state index in [4.69, 9.17) is 9.84 Å². The Labute approximate surface area is 164 Å². The van der Waals surface area contributed by atoms with E-state index < -0.39 is 0 Å². The zero-order chi connectivity index (χ0) is 19.3. The van der Waals surface area contributed by atoms with Crippen molar-refractivity contribution in [3.05, 3.63) is 83.3 Å². The fourth-order valence-electron chi connectivity index (χ4n) is 3.55. The lowest BCUT2D eigenvalue weighted by Crippen LogP contribution is -2.33. The fourth-order valence-corrected chi connectivity index (χ4v) is 3.55. The van der Waals surface area contributed by atoms with Crippen LogP contribution in [0.25, 0.3) is 11.1 Å². The smallest absolute Gasteiger partial charge is 0.213 e. The van der Waals surface area contributed by atoms with Gasteiger partial charge in [-0.1, -0.05) is 54.6 Å². The first-order valence-electron chi connectivity index (χ1n) is 9.52. The van der Waals surface area contributed by atoms with E-state index in [1.807, 2.05) is 48.5 Å². The van der Waals surface area contributed by atoms with E-state index in [0.29, 0.717) is 23.6 Å². The van der Waals surface area contributed by atoms with Crippen molar-refractivity contribution < 1.29 is 14.2 Å². The van der Waals surface area contributed by atoms with Gasteiger partial charge in [-0.05, 0) is 11.1 Å². The van der Waals surface area contributed by atoms with E-state index in [2.05, 4.69) is 9.88 Å². The highest BCUT2D eigenvalue weighted by molar-refractivity contribution is 5.64. The minimum absolute atomic E-state index is 0.134. The molecule has 0 spiro atoms. The molecule has 28 heavy (non-hydrogen) atoms. The Morgan fingerprint density at radius 2 is 1.89 bits per heavy atom. The Morgan fingerprint density at radius 3 is 2.71 bits per heavy atom. The minimum Gasteiger partial charge on any atom is -0.473 e. The number of β-amino-alcohol motifs (C(OH)–C–C–N with tert-alkyl or cyclic N) is 1. The molecule has 0 fully saturated rings. The maximum atomic E-state index is 14.9. The summed E-state index contributed by atoms with van der Waals surface area (Å²) in [6.07, 6.45) is 0.824. The van der Waals surface area contributed by atoms with E-state index in [0.717, 1.165) is 36.3 Å².